The monoisotopic (exact) mass is 580 g/mol. The molecule has 4 fully saturated rings. The third-order valence-corrected chi connectivity index (χ3v) is 9.96. The number of hydrogen-bond donors (Lipinski definition) is 2. The molecule has 0 aliphatic carbocycles. The molecule has 2 bridgehead atoms. The van der Waals surface area contributed by atoms with Crippen LogP contribution in [0.25, 0.3) is 33.1 Å². The zero-order valence-electron chi connectivity index (χ0n) is 22.8. The number of halogens is 3. The topological polar surface area (TPSA) is 95.1 Å². The van der Waals surface area contributed by atoms with E-state index in [1.807, 2.05) is 6.92 Å². The summed E-state index contributed by atoms with van der Waals surface area (Å²) < 4.78 is 37.3. The minimum Gasteiger partial charge on any atom is -0.461 e. The molecule has 4 atom stereocenters. The average molecular weight is 581 g/mol. The largest absolute Gasteiger partial charge is 0.461 e. The van der Waals surface area contributed by atoms with E-state index in [0.717, 1.165) is 50.7 Å². The Balaban J connectivity index is 1.25. The van der Waals surface area contributed by atoms with Crippen molar-refractivity contribution in [2.45, 2.75) is 62.8 Å². The zero-order valence-corrected chi connectivity index (χ0v) is 23.5. The number of aromatic amines is 1. The Morgan fingerprint density at radius 1 is 1.15 bits per heavy atom. The van der Waals surface area contributed by atoms with Crippen LogP contribution < -0.4 is 15.0 Å². The summed E-state index contributed by atoms with van der Waals surface area (Å²) in [6.45, 7) is 4.93. The summed E-state index contributed by atoms with van der Waals surface area (Å²) in [6.07, 6.45) is 6.96. The van der Waals surface area contributed by atoms with E-state index in [-0.39, 0.29) is 29.4 Å². The highest BCUT2D eigenvalue weighted by Gasteiger charge is 2.49. The molecule has 4 saturated heterocycles. The van der Waals surface area contributed by atoms with Gasteiger partial charge < -0.3 is 15.0 Å². The van der Waals surface area contributed by atoms with E-state index in [1.54, 1.807) is 18.5 Å². The number of ether oxygens (including phenoxy) is 1. The molecule has 9 nitrogen and oxygen atoms in total. The first-order valence-corrected chi connectivity index (χ1v) is 14.8. The minimum atomic E-state index is -0.866. The summed E-state index contributed by atoms with van der Waals surface area (Å²) in [5.41, 5.74) is 1.91. The van der Waals surface area contributed by atoms with Gasteiger partial charge in [-0.3, -0.25) is 15.0 Å². The molecule has 3 aromatic heterocycles. The van der Waals surface area contributed by atoms with Gasteiger partial charge in [-0.2, -0.15) is 15.1 Å². The molecule has 41 heavy (non-hydrogen) atoms. The maximum Gasteiger partial charge on any atom is 0.319 e. The molecule has 0 amide bonds. The van der Waals surface area contributed by atoms with E-state index in [2.05, 4.69) is 35.3 Å². The fourth-order valence-corrected chi connectivity index (χ4v) is 7.79. The Hall–Kier alpha value is -3.15. The van der Waals surface area contributed by atoms with E-state index in [4.69, 9.17) is 21.3 Å². The molecule has 7 heterocycles. The second-order valence-corrected chi connectivity index (χ2v) is 12.5. The van der Waals surface area contributed by atoms with Crippen molar-refractivity contribution in [1.29, 1.82) is 0 Å². The second kappa shape index (κ2) is 9.43. The van der Waals surface area contributed by atoms with Gasteiger partial charge in [-0.25, -0.2) is 8.78 Å². The maximum atomic E-state index is 16.6. The number of piperazine rings is 1. The number of hydrogen-bond acceptors (Lipinski definition) is 8. The number of rotatable bonds is 5. The summed E-state index contributed by atoms with van der Waals surface area (Å²) in [5.74, 6) is 0.0560. The van der Waals surface area contributed by atoms with Gasteiger partial charge in [-0.15, -0.1) is 0 Å². The number of nitrogens with zero attached hydrogens (tertiary/aromatic N) is 6. The SMILES string of the molecule is Cc1c(Cl)cc2[nH]ncc2c1-c1ncc2c(N3CC4CCC(C3)N4)nc(OCC34CCCN3C[C@H](F)C4)nc2c1F. The number of benzene rings is 1. The fraction of sp³-hybridized carbons (Fsp3) is 0.517. The van der Waals surface area contributed by atoms with Gasteiger partial charge in [0.2, 0.25) is 0 Å². The number of alkyl halides is 1. The fourth-order valence-electron chi connectivity index (χ4n) is 7.59. The van der Waals surface area contributed by atoms with Crippen LogP contribution in [-0.2, 0) is 0 Å². The number of fused-ring (bicyclic) bond motifs is 5. The van der Waals surface area contributed by atoms with Crippen LogP contribution in [0.5, 0.6) is 6.01 Å². The molecule has 1 aromatic carbocycles. The van der Waals surface area contributed by atoms with Crippen molar-refractivity contribution < 1.29 is 13.5 Å². The summed E-state index contributed by atoms with van der Waals surface area (Å²) in [6, 6.07) is 2.60. The van der Waals surface area contributed by atoms with Crippen LogP contribution in [0.15, 0.2) is 18.5 Å². The van der Waals surface area contributed by atoms with Gasteiger partial charge in [0, 0.05) is 60.3 Å². The maximum absolute atomic E-state index is 16.6. The Kier molecular flexibility index (Phi) is 5.88. The van der Waals surface area contributed by atoms with E-state index in [1.165, 1.54) is 0 Å². The average Bonchev–Trinajstić information content (AvgIpc) is 3.72. The first-order valence-electron chi connectivity index (χ1n) is 14.4. The second-order valence-electron chi connectivity index (χ2n) is 12.1. The zero-order chi connectivity index (χ0) is 27.9. The first kappa shape index (κ1) is 25.6. The summed E-state index contributed by atoms with van der Waals surface area (Å²) >= 11 is 6.53. The minimum absolute atomic E-state index is 0.106. The highest BCUT2D eigenvalue weighted by Crippen LogP contribution is 2.42. The van der Waals surface area contributed by atoms with Gasteiger partial charge >= 0.3 is 6.01 Å². The number of nitrogens with one attached hydrogen (secondary N) is 2. The van der Waals surface area contributed by atoms with Crippen LogP contribution in [0, 0.1) is 12.7 Å². The first-order chi connectivity index (χ1) is 19.9. The van der Waals surface area contributed by atoms with Gasteiger partial charge in [0.1, 0.15) is 29.8 Å². The van der Waals surface area contributed by atoms with Crippen LogP contribution >= 0.6 is 11.6 Å². The summed E-state index contributed by atoms with van der Waals surface area (Å²) in [5, 5.41) is 12.5. The van der Waals surface area contributed by atoms with Crippen molar-refractivity contribution in [3.05, 3.63) is 34.9 Å². The predicted octanol–water partition coefficient (Wildman–Crippen LogP) is 4.56. The van der Waals surface area contributed by atoms with E-state index in [0.29, 0.717) is 57.9 Å². The third-order valence-electron chi connectivity index (χ3n) is 9.57. The molecule has 0 spiro atoms. The lowest BCUT2D eigenvalue weighted by molar-refractivity contribution is 0.107. The molecule has 2 N–H and O–H groups in total. The van der Waals surface area contributed by atoms with Crippen LogP contribution in [0.4, 0.5) is 14.6 Å². The molecule has 214 valence electrons. The lowest BCUT2D eigenvalue weighted by Crippen LogP contribution is -2.51. The highest BCUT2D eigenvalue weighted by atomic mass is 35.5. The smallest absolute Gasteiger partial charge is 0.319 e. The van der Waals surface area contributed by atoms with Crippen LogP contribution in [0.1, 0.15) is 37.7 Å². The highest BCUT2D eigenvalue weighted by molar-refractivity contribution is 6.32. The molecular formula is C29H31ClF2N8O. The normalized spacial score (nSPS) is 27.8. The van der Waals surface area contributed by atoms with Crippen LogP contribution in [0.3, 0.4) is 0 Å². The quantitative estimate of drug-likeness (QED) is 0.355. The van der Waals surface area contributed by atoms with Gasteiger partial charge in [0.05, 0.1) is 22.6 Å². The van der Waals surface area contributed by atoms with Crippen molar-refractivity contribution in [3.8, 4) is 17.3 Å². The lowest BCUT2D eigenvalue weighted by Gasteiger charge is -2.34. The molecule has 12 heteroatoms. The van der Waals surface area contributed by atoms with Gasteiger partial charge in [0.25, 0.3) is 0 Å². The number of aromatic nitrogens is 5. The Morgan fingerprint density at radius 3 is 2.80 bits per heavy atom. The van der Waals surface area contributed by atoms with Crippen molar-refractivity contribution in [3.63, 3.8) is 0 Å². The van der Waals surface area contributed by atoms with E-state index < -0.39 is 12.0 Å². The Labute approximate surface area is 240 Å². The third kappa shape index (κ3) is 4.07. The molecular weight excluding hydrogens is 550 g/mol. The predicted molar refractivity (Wildman–Crippen MR) is 153 cm³/mol. The molecule has 8 rings (SSSR count). The Bertz CT molecular complexity index is 1670. The molecule has 0 radical (unpaired) electrons. The van der Waals surface area contributed by atoms with Crippen LogP contribution in [-0.4, -0.2) is 86.6 Å². The summed E-state index contributed by atoms with van der Waals surface area (Å²) in [4.78, 5) is 18.5. The molecule has 4 aliphatic rings. The standard InChI is InChI=1S/C29H31ClF2N8O/c1-15-21(30)7-22-19(10-34-38-22)23(15)26-24(32)25-20(9-33-26)27(39-12-17-3-4-18(13-39)35-17)37-28(36-25)41-14-29-5-2-6-40(29)11-16(31)8-29/h7,9-10,16-18,35H,2-6,8,11-14H2,1H3,(H,34,38)/t16-,17?,18?,29?/m1/s1. The van der Waals surface area contributed by atoms with Gasteiger partial charge in [-0.05, 0) is 50.8 Å². The van der Waals surface area contributed by atoms with Gasteiger partial charge in [-0.1, -0.05) is 11.6 Å². The molecule has 4 aliphatic heterocycles. The summed E-state index contributed by atoms with van der Waals surface area (Å²) in [7, 11) is 0. The van der Waals surface area contributed by atoms with Gasteiger partial charge in [0.15, 0.2) is 5.82 Å². The van der Waals surface area contributed by atoms with Crippen molar-refractivity contribution >= 4 is 39.2 Å². The van der Waals surface area contributed by atoms with Crippen LogP contribution in [0.2, 0.25) is 5.02 Å². The number of pyridine rings is 1. The molecule has 3 unspecified atom stereocenters. The van der Waals surface area contributed by atoms with Crippen molar-refractivity contribution in [1.82, 2.24) is 35.4 Å². The van der Waals surface area contributed by atoms with E-state index in [9.17, 15) is 4.39 Å². The van der Waals surface area contributed by atoms with Crippen molar-refractivity contribution in [2.24, 2.45) is 0 Å². The molecule has 4 aromatic rings. The molecule has 0 saturated carbocycles. The Morgan fingerprint density at radius 2 is 1.98 bits per heavy atom. The van der Waals surface area contributed by atoms with Crippen molar-refractivity contribution in [2.75, 3.05) is 37.7 Å². The number of anilines is 1. The lowest BCUT2D eigenvalue weighted by atomic mass is 9.95. The number of H-pyrrole nitrogens is 1. The van der Waals surface area contributed by atoms with E-state index >= 15 is 4.39 Å².